The molecule has 0 atom stereocenters. The van der Waals surface area contributed by atoms with Crippen LogP contribution >= 0.6 is 0 Å². The van der Waals surface area contributed by atoms with Crippen molar-refractivity contribution < 1.29 is 13.5 Å². The van der Waals surface area contributed by atoms with E-state index < -0.39 is 15.6 Å². The van der Waals surface area contributed by atoms with Crippen LogP contribution in [0.2, 0.25) is 0 Å². The normalized spacial score (nSPS) is 13.4. The third-order valence-corrected chi connectivity index (χ3v) is 3.94. The van der Waals surface area contributed by atoms with Crippen molar-refractivity contribution in [3.63, 3.8) is 0 Å². The Morgan fingerprint density at radius 1 is 1.56 bits per heavy atom. The fourth-order valence-corrected chi connectivity index (χ4v) is 2.82. The van der Waals surface area contributed by atoms with E-state index in [1.165, 1.54) is 24.0 Å². The molecule has 1 aromatic heterocycles. The van der Waals surface area contributed by atoms with Gasteiger partial charge in [0.15, 0.2) is 5.03 Å². The lowest BCUT2D eigenvalue weighted by molar-refractivity contribution is 0.0639. The standard InChI is InChI=1S/C9H17N3O3S/c1-9(2,13)7-11(3)16(14,15)8-5-6-10-12(8)4/h5-6,13H,7H2,1-4H3. The first-order valence-corrected chi connectivity index (χ1v) is 6.25. The van der Waals surface area contributed by atoms with Crippen LogP contribution in [0.25, 0.3) is 0 Å². The number of sulfonamides is 1. The maximum absolute atomic E-state index is 12.0. The van der Waals surface area contributed by atoms with Gasteiger partial charge in [-0.15, -0.1) is 0 Å². The lowest BCUT2D eigenvalue weighted by Crippen LogP contribution is -2.40. The van der Waals surface area contributed by atoms with Gasteiger partial charge in [0.05, 0.1) is 11.8 Å². The Labute approximate surface area is 95.5 Å². The molecule has 0 saturated heterocycles. The average molecular weight is 247 g/mol. The lowest BCUT2D eigenvalue weighted by Gasteiger charge is -2.24. The summed E-state index contributed by atoms with van der Waals surface area (Å²) in [5.74, 6) is 0. The van der Waals surface area contributed by atoms with Crippen LogP contribution in [0.5, 0.6) is 0 Å². The van der Waals surface area contributed by atoms with Gasteiger partial charge in [0.25, 0.3) is 10.0 Å². The summed E-state index contributed by atoms with van der Waals surface area (Å²) < 4.78 is 26.5. The molecule has 0 aliphatic rings. The minimum absolute atomic E-state index is 0.0283. The van der Waals surface area contributed by atoms with Crippen molar-refractivity contribution in [1.29, 1.82) is 0 Å². The average Bonchev–Trinajstić information content (AvgIpc) is 2.48. The van der Waals surface area contributed by atoms with Crippen molar-refractivity contribution in [1.82, 2.24) is 14.1 Å². The molecule has 7 heteroatoms. The van der Waals surface area contributed by atoms with Gasteiger partial charge in [-0.05, 0) is 19.9 Å². The predicted molar refractivity (Wildman–Crippen MR) is 59.3 cm³/mol. The number of likely N-dealkylation sites (N-methyl/N-ethyl adjacent to an activating group) is 1. The first-order chi connectivity index (χ1) is 7.14. The zero-order valence-electron chi connectivity index (χ0n) is 9.88. The monoisotopic (exact) mass is 247 g/mol. The van der Waals surface area contributed by atoms with Crippen LogP contribution < -0.4 is 0 Å². The molecule has 1 aromatic rings. The summed E-state index contributed by atoms with van der Waals surface area (Å²) in [7, 11) is -0.595. The van der Waals surface area contributed by atoms with Crippen LogP contribution in [0.1, 0.15) is 13.8 Å². The Morgan fingerprint density at radius 2 is 2.12 bits per heavy atom. The van der Waals surface area contributed by atoms with E-state index in [0.29, 0.717) is 0 Å². The summed E-state index contributed by atoms with van der Waals surface area (Å²) in [6.45, 7) is 3.14. The molecular weight excluding hydrogens is 230 g/mol. The molecule has 6 nitrogen and oxygen atoms in total. The quantitative estimate of drug-likeness (QED) is 0.800. The van der Waals surface area contributed by atoms with E-state index in [4.69, 9.17) is 0 Å². The van der Waals surface area contributed by atoms with Gasteiger partial charge in [0.1, 0.15) is 0 Å². The number of aromatic nitrogens is 2. The minimum atomic E-state index is -3.59. The maximum Gasteiger partial charge on any atom is 0.260 e. The van der Waals surface area contributed by atoms with Crippen molar-refractivity contribution >= 4 is 10.0 Å². The largest absolute Gasteiger partial charge is 0.389 e. The molecular formula is C9H17N3O3S. The second-order valence-electron chi connectivity index (χ2n) is 4.37. The number of nitrogens with zero attached hydrogens (tertiary/aromatic N) is 3. The highest BCUT2D eigenvalue weighted by molar-refractivity contribution is 7.89. The molecule has 0 aliphatic heterocycles. The Kier molecular flexibility index (Phi) is 3.41. The smallest absolute Gasteiger partial charge is 0.260 e. The van der Waals surface area contributed by atoms with Crippen molar-refractivity contribution in [2.24, 2.45) is 7.05 Å². The zero-order chi connectivity index (χ0) is 12.6. The number of hydrogen-bond acceptors (Lipinski definition) is 4. The summed E-state index contributed by atoms with van der Waals surface area (Å²) in [4.78, 5) is 0. The predicted octanol–water partition coefficient (Wildman–Crippen LogP) is -0.189. The van der Waals surface area contributed by atoms with Crippen LogP contribution in [0, 0.1) is 0 Å². The van der Waals surface area contributed by atoms with Crippen molar-refractivity contribution in [2.45, 2.75) is 24.5 Å². The molecule has 0 bridgehead atoms. The van der Waals surface area contributed by atoms with E-state index in [1.807, 2.05) is 0 Å². The lowest BCUT2D eigenvalue weighted by atomic mass is 10.1. The minimum Gasteiger partial charge on any atom is -0.389 e. The van der Waals surface area contributed by atoms with Crippen LogP contribution in [-0.2, 0) is 17.1 Å². The second-order valence-corrected chi connectivity index (χ2v) is 6.36. The summed E-state index contributed by atoms with van der Waals surface area (Å²) in [5, 5.41) is 13.5. The first-order valence-electron chi connectivity index (χ1n) is 4.81. The molecule has 0 radical (unpaired) electrons. The first kappa shape index (κ1) is 13.1. The molecule has 1 rings (SSSR count). The van der Waals surface area contributed by atoms with Crippen molar-refractivity contribution in [3.05, 3.63) is 12.3 Å². The number of aliphatic hydroxyl groups is 1. The highest BCUT2D eigenvalue weighted by Gasteiger charge is 2.28. The molecule has 0 unspecified atom stereocenters. The highest BCUT2D eigenvalue weighted by atomic mass is 32.2. The fraction of sp³-hybridized carbons (Fsp3) is 0.667. The van der Waals surface area contributed by atoms with Gasteiger partial charge in [-0.2, -0.15) is 9.40 Å². The van der Waals surface area contributed by atoms with Crippen molar-refractivity contribution in [2.75, 3.05) is 13.6 Å². The zero-order valence-corrected chi connectivity index (χ0v) is 10.7. The number of rotatable bonds is 4. The Hall–Kier alpha value is -0.920. The van der Waals surface area contributed by atoms with Crippen LogP contribution in [0.15, 0.2) is 17.3 Å². The molecule has 0 aromatic carbocycles. The van der Waals surface area contributed by atoms with Crippen LogP contribution in [0.3, 0.4) is 0 Å². The van der Waals surface area contributed by atoms with Gasteiger partial charge in [-0.1, -0.05) is 0 Å². The van der Waals surface area contributed by atoms with Gasteiger partial charge in [-0.3, -0.25) is 4.68 Å². The molecule has 0 saturated carbocycles. The van der Waals surface area contributed by atoms with Gasteiger partial charge < -0.3 is 5.11 Å². The van der Waals surface area contributed by atoms with Gasteiger partial charge in [0, 0.05) is 20.6 Å². The Morgan fingerprint density at radius 3 is 2.50 bits per heavy atom. The topological polar surface area (TPSA) is 75.4 Å². The van der Waals surface area contributed by atoms with E-state index >= 15 is 0 Å². The van der Waals surface area contributed by atoms with E-state index in [1.54, 1.807) is 20.9 Å². The molecule has 0 spiro atoms. The van der Waals surface area contributed by atoms with Gasteiger partial charge in [0.2, 0.25) is 0 Å². The molecule has 0 amide bonds. The maximum atomic E-state index is 12.0. The van der Waals surface area contributed by atoms with E-state index in [9.17, 15) is 13.5 Å². The number of aryl methyl sites for hydroxylation is 1. The third kappa shape index (κ3) is 2.81. The van der Waals surface area contributed by atoms with Gasteiger partial charge in [-0.25, -0.2) is 8.42 Å². The molecule has 16 heavy (non-hydrogen) atoms. The summed E-state index contributed by atoms with van der Waals surface area (Å²) in [5.41, 5.74) is -1.07. The van der Waals surface area contributed by atoms with Crippen molar-refractivity contribution in [3.8, 4) is 0 Å². The fourth-order valence-electron chi connectivity index (χ4n) is 1.40. The second kappa shape index (κ2) is 4.15. The van der Waals surface area contributed by atoms with Crippen LogP contribution in [0.4, 0.5) is 0 Å². The van der Waals surface area contributed by atoms with Crippen LogP contribution in [-0.4, -0.2) is 46.8 Å². The molecule has 92 valence electrons. The molecule has 0 fully saturated rings. The Bertz CT molecular complexity index is 459. The molecule has 0 aliphatic carbocycles. The Balaban J connectivity index is 3.00. The van der Waals surface area contributed by atoms with E-state index in [-0.39, 0.29) is 11.6 Å². The summed E-state index contributed by atoms with van der Waals surface area (Å²) >= 11 is 0. The van der Waals surface area contributed by atoms with E-state index in [0.717, 1.165) is 4.31 Å². The summed E-state index contributed by atoms with van der Waals surface area (Å²) in [6, 6.07) is 1.43. The summed E-state index contributed by atoms with van der Waals surface area (Å²) in [6.07, 6.45) is 1.42. The molecule has 1 heterocycles. The van der Waals surface area contributed by atoms with Gasteiger partial charge >= 0.3 is 0 Å². The third-order valence-electron chi connectivity index (χ3n) is 2.06. The molecule has 1 N–H and O–H groups in total. The van der Waals surface area contributed by atoms with E-state index in [2.05, 4.69) is 5.10 Å². The highest BCUT2D eigenvalue weighted by Crippen LogP contribution is 2.15. The number of hydrogen-bond donors (Lipinski definition) is 1. The SMILES string of the molecule is CN(CC(C)(C)O)S(=O)(=O)c1ccnn1C.